The van der Waals surface area contributed by atoms with Gasteiger partial charge in [0, 0.05) is 5.56 Å². The molecule has 1 aromatic heterocycles. The molecular weight excluding hydrogens is 205 g/mol. The molecule has 0 aliphatic heterocycles. The highest BCUT2D eigenvalue weighted by atomic mass is 19.1. The number of nitrogens with zero attached hydrogens (tertiary/aromatic N) is 2. The second kappa shape index (κ2) is 4.07. The molecule has 4 heteroatoms. The summed E-state index contributed by atoms with van der Waals surface area (Å²) in [6, 6.07) is 6.36. The lowest BCUT2D eigenvalue weighted by atomic mass is 10.1. The number of benzene rings is 1. The number of halogens is 1. The summed E-state index contributed by atoms with van der Waals surface area (Å²) in [5.41, 5.74) is 6.64. The van der Waals surface area contributed by atoms with Crippen LogP contribution in [0.25, 0.3) is 11.3 Å². The number of nitrogen functional groups attached to an aromatic ring is 1. The zero-order chi connectivity index (χ0) is 11.5. The van der Waals surface area contributed by atoms with Crippen molar-refractivity contribution in [2.75, 3.05) is 5.73 Å². The van der Waals surface area contributed by atoms with Gasteiger partial charge in [0.15, 0.2) is 0 Å². The molecule has 2 aromatic rings. The van der Waals surface area contributed by atoms with Crippen molar-refractivity contribution in [2.45, 2.75) is 6.54 Å². The molecule has 0 spiro atoms. The van der Waals surface area contributed by atoms with Crippen molar-refractivity contribution in [3.05, 3.63) is 36.4 Å². The van der Waals surface area contributed by atoms with Gasteiger partial charge in [0.05, 0.1) is 12.9 Å². The van der Waals surface area contributed by atoms with Crippen molar-refractivity contribution in [1.29, 1.82) is 0 Å². The van der Waals surface area contributed by atoms with Crippen molar-refractivity contribution in [1.82, 2.24) is 9.55 Å². The van der Waals surface area contributed by atoms with E-state index in [1.807, 2.05) is 0 Å². The quantitative estimate of drug-likeness (QED) is 0.777. The van der Waals surface area contributed by atoms with Crippen molar-refractivity contribution in [3.8, 4) is 23.6 Å². The van der Waals surface area contributed by atoms with Gasteiger partial charge in [-0.15, -0.1) is 6.42 Å². The van der Waals surface area contributed by atoms with Gasteiger partial charge in [-0.1, -0.05) is 18.1 Å². The van der Waals surface area contributed by atoms with Crippen LogP contribution in [0.1, 0.15) is 0 Å². The van der Waals surface area contributed by atoms with Crippen LogP contribution in [0.2, 0.25) is 0 Å². The molecule has 0 radical (unpaired) electrons. The fourth-order valence-electron chi connectivity index (χ4n) is 1.48. The zero-order valence-electron chi connectivity index (χ0n) is 8.52. The Labute approximate surface area is 92.7 Å². The minimum Gasteiger partial charge on any atom is -0.383 e. The highest BCUT2D eigenvalue weighted by Crippen LogP contribution is 2.26. The molecule has 0 fully saturated rings. The first kappa shape index (κ1) is 10.2. The average molecular weight is 215 g/mol. The van der Waals surface area contributed by atoms with Crippen LogP contribution in [0.5, 0.6) is 0 Å². The maximum absolute atomic E-state index is 13.5. The van der Waals surface area contributed by atoms with Crippen molar-refractivity contribution in [3.63, 3.8) is 0 Å². The van der Waals surface area contributed by atoms with E-state index in [9.17, 15) is 4.39 Å². The SMILES string of the molecule is C#CCn1cnc(-c2ccccc2F)c1N. The minimum absolute atomic E-state index is 0.327. The van der Waals surface area contributed by atoms with Crippen LogP contribution in [0.15, 0.2) is 30.6 Å². The molecule has 0 saturated heterocycles. The second-order valence-corrected chi connectivity index (χ2v) is 3.29. The molecule has 2 rings (SSSR count). The smallest absolute Gasteiger partial charge is 0.132 e. The summed E-state index contributed by atoms with van der Waals surface area (Å²) in [6.45, 7) is 0.327. The Bertz CT molecular complexity index is 552. The van der Waals surface area contributed by atoms with E-state index in [0.717, 1.165) is 0 Å². The molecule has 16 heavy (non-hydrogen) atoms. The van der Waals surface area contributed by atoms with Gasteiger partial charge in [-0.05, 0) is 12.1 Å². The van der Waals surface area contributed by atoms with Crippen LogP contribution in [0.4, 0.5) is 10.2 Å². The average Bonchev–Trinajstić information content (AvgIpc) is 2.62. The number of hydrogen-bond donors (Lipinski definition) is 1. The number of nitrogens with two attached hydrogens (primary N) is 1. The summed E-state index contributed by atoms with van der Waals surface area (Å²) in [6.07, 6.45) is 6.69. The molecule has 0 bridgehead atoms. The topological polar surface area (TPSA) is 43.8 Å². The van der Waals surface area contributed by atoms with E-state index in [1.54, 1.807) is 22.8 Å². The number of anilines is 1. The van der Waals surface area contributed by atoms with Gasteiger partial charge in [0.2, 0.25) is 0 Å². The van der Waals surface area contributed by atoms with Gasteiger partial charge < -0.3 is 10.3 Å². The Morgan fingerprint density at radius 3 is 2.88 bits per heavy atom. The Balaban J connectivity index is 2.50. The van der Waals surface area contributed by atoms with Crippen LogP contribution in [0, 0.1) is 18.2 Å². The molecule has 0 unspecified atom stereocenters. The molecule has 0 amide bonds. The van der Waals surface area contributed by atoms with Gasteiger partial charge in [0.25, 0.3) is 0 Å². The first-order valence-electron chi connectivity index (χ1n) is 4.73. The van der Waals surface area contributed by atoms with Gasteiger partial charge in [0.1, 0.15) is 17.3 Å². The summed E-state index contributed by atoms with van der Waals surface area (Å²) in [4.78, 5) is 4.07. The van der Waals surface area contributed by atoms with Crippen LogP contribution in [-0.4, -0.2) is 9.55 Å². The van der Waals surface area contributed by atoms with Crippen LogP contribution in [-0.2, 0) is 6.54 Å². The Kier molecular flexibility index (Phi) is 2.61. The number of hydrogen-bond acceptors (Lipinski definition) is 2. The van der Waals surface area contributed by atoms with Crippen LogP contribution >= 0.6 is 0 Å². The number of aromatic nitrogens is 2. The van der Waals surface area contributed by atoms with Gasteiger partial charge >= 0.3 is 0 Å². The van der Waals surface area contributed by atoms with Crippen molar-refractivity contribution in [2.24, 2.45) is 0 Å². The van der Waals surface area contributed by atoms with Gasteiger partial charge in [-0.3, -0.25) is 0 Å². The van der Waals surface area contributed by atoms with E-state index < -0.39 is 0 Å². The number of rotatable bonds is 2. The monoisotopic (exact) mass is 215 g/mol. The molecule has 0 aliphatic carbocycles. The van der Waals surface area contributed by atoms with E-state index in [1.165, 1.54) is 12.4 Å². The fraction of sp³-hybridized carbons (Fsp3) is 0.0833. The minimum atomic E-state index is -0.347. The molecular formula is C12H10FN3. The maximum atomic E-state index is 13.5. The van der Waals surface area contributed by atoms with Gasteiger partial charge in [-0.2, -0.15) is 0 Å². The largest absolute Gasteiger partial charge is 0.383 e. The normalized spacial score (nSPS) is 10.0. The van der Waals surface area contributed by atoms with Gasteiger partial charge in [-0.25, -0.2) is 9.37 Å². The molecule has 3 nitrogen and oxygen atoms in total. The molecule has 0 atom stereocenters. The lowest BCUT2D eigenvalue weighted by Crippen LogP contribution is -2.00. The molecule has 1 aromatic carbocycles. The summed E-state index contributed by atoms with van der Waals surface area (Å²) in [5.74, 6) is 2.48. The van der Waals surface area contributed by atoms with E-state index in [4.69, 9.17) is 12.2 Å². The third kappa shape index (κ3) is 1.63. The standard InChI is InChI=1S/C12H10FN3/c1-2-7-16-8-15-11(12(16)14)9-5-3-4-6-10(9)13/h1,3-6,8H,7,14H2. The Morgan fingerprint density at radius 1 is 1.44 bits per heavy atom. The van der Waals surface area contributed by atoms with Crippen molar-refractivity contribution < 1.29 is 4.39 Å². The predicted octanol–water partition coefficient (Wildman–Crippen LogP) is 1.90. The summed E-state index contributed by atoms with van der Waals surface area (Å²) >= 11 is 0. The molecule has 1 heterocycles. The summed E-state index contributed by atoms with van der Waals surface area (Å²) in [5, 5.41) is 0. The number of terminal acetylenes is 1. The van der Waals surface area contributed by atoms with E-state index in [2.05, 4.69) is 10.9 Å². The Morgan fingerprint density at radius 2 is 2.19 bits per heavy atom. The first-order valence-corrected chi connectivity index (χ1v) is 4.73. The highest BCUT2D eigenvalue weighted by molar-refractivity contribution is 5.70. The summed E-state index contributed by atoms with van der Waals surface area (Å²) < 4.78 is 15.1. The third-order valence-electron chi connectivity index (χ3n) is 2.27. The summed E-state index contributed by atoms with van der Waals surface area (Å²) in [7, 11) is 0. The third-order valence-corrected chi connectivity index (χ3v) is 2.27. The van der Waals surface area contributed by atoms with Crippen molar-refractivity contribution >= 4 is 5.82 Å². The van der Waals surface area contributed by atoms with Crippen LogP contribution in [0.3, 0.4) is 0 Å². The zero-order valence-corrected chi connectivity index (χ0v) is 8.52. The predicted molar refractivity (Wildman–Crippen MR) is 60.9 cm³/mol. The maximum Gasteiger partial charge on any atom is 0.132 e. The molecule has 0 aliphatic rings. The lowest BCUT2D eigenvalue weighted by Gasteiger charge is -2.02. The number of imidazole rings is 1. The molecule has 0 saturated carbocycles. The Hall–Kier alpha value is -2.28. The second-order valence-electron chi connectivity index (χ2n) is 3.29. The first-order chi connectivity index (χ1) is 7.74. The highest BCUT2D eigenvalue weighted by Gasteiger charge is 2.12. The van der Waals surface area contributed by atoms with E-state index in [0.29, 0.717) is 23.6 Å². The fourth-order valence-corrected chi connectivity index (χ4v) is 1.48. The van der Waals surface area contributed by atoms with E-state index >= 15 is 0 Å². The molecule has 80 valence electrons. The van der Waals surface area contributed by atoms with E-state index in [-0.39, 0.29) is 5.82 Å². The lowest BCUT2D eigenvalue weighted by molar-refractivity contribution is 0.631. The van der Waals surface area contributed by atoms with Crippen LogP contribution < -0.4 is 5.73 Å². The molecule has 2 N–H and O–H groups in total.